The van der Waals surface area contributed by atoms with Crippen molar-refractivity contribution in [2.24, 2.45) is 10.2 Å². The molecule has 0 aromatic heterocycles. The minimum absolute atomic E-state index is 0. The highest BCUT2D eigenvalue weighted by Gasteiger charge is 2.39. The van der Waals surface area contributed by atoms with E-state index in [1.807, 2.05) is 0 Å². The third-order valence-corrected chi connectivity index (χ3v) is 2.93. The zero-order valence-corrected chi connectivity index (χ0v) is 10.9. The molecule has 0 unspecified atom stereocenters. The van der Waals surface area contributed by atoms with E-state index >= 15 is 0 Å². The summed E-state index contributed by atoms with van der Waals surface area (Å²) in [5.41, 5.74) is -0.209. The van der Waals surface area contributed by atoms with Crippen molar-refractivity contribution < 1.29 is 5.11 Å². The minimum Gasteiger partial charge on any atom is -0.396 e. The van der Waals surface area contributed by atoms with E-state index in [0.717, 1.165) is 39.1 Å². The van der Waals surface area contributed by atoms with Crippen LogP contribution >= 0.6 is 24.8 Å². The predicted octanol–water partition coefficient (Wildman–Crippen LogP) is 0.670. The van der Waals surface area contributed by atoms with Gasteiger partial charge in [-0.2, -0.15) is 10.2 Å². The fourth-order valence-corrected chi connectivity index (χ4v) is 1.85. The van der Waals surface area contributed by atoms with Gasteiger partial charge in [-0.05, 0) is 0 Å². The molecule has 0 atom stereocenters. The summed E-state index contributed by atoms with van der Waals surface area (Å²) in [6.07, 6.45) is 1.66. The van der Waals surface area contributed by atoms with E-state index in [9.17, 15) is 0 Å². The summed E-state index contributed by atoms with van der Waals surface area (Å²) in [5, 5.41) is 20.2. The molecule has 0 aromatic rings. The first-order chi connectivity index (χ1) is 6.85. The highest BCUT2D eigenvalue weighted by Crippen LogP contribution is 2.35. The zero-order valence-electron chi connectivity index (χ0n) is 9.26. The predicted molar refractivity (Wildman–Crippen MR) is 67.7 cm³/mol. The maximum absolute atomic E-state index is 8.84. The summed E-state index contributed by atoms with van der Waals surface area (Å²) >= 11 is 0. The van der Waals surface area contributed by atoms with Crippen LogP contribution in [0.2, 0.25) is 0 Å². The van der Waals surface area contributed by atoms with Crippen LogP contribution in [0.4, 0.5) is 0 Å². The average Bonchev–Trinajstić information content (AvgIpc) is 2.98. The summed E-state index contributed by atoms with van der Waals surface area (Å²) in [5.74, 6) is 0. The number of nitrogens with zero attached hydrogens (tertiary/aromatic N) is 3. The Balaban J connectivity index is 0.00000112. The van der Waals surface area contributed by atoms with E-state index in [1.54, 1.807) is 0 Å². The molecule has 7 heteroatoms. The van der Waals surface area contributed by atoms with Gasteiger partial charge in [0, 0.05) is 52.2 Å². The van der Waals surface area contributed by atoms with Gasteiger partial charge >= 0.3 is 0 Å². The average molecular weight is 271 g/mol. The van der Waals surface area contributed by atoms with Crippen LogP contribution in [0.15, 0.2) is 10.2 Å². The van der Waals surface area contributed by atoms with Crippen LogP contribution in [0.5, 0.6) is 0 Å². The van der Waals surface area contributed by atoms with Gasteiger partial charge in [0.2, 0.25) is 0 Å². The van der Waals surface area contributed by atoms with Crippen molar-refractivity contribution >= 4 is 24.8 Å². The first-order valence-electron chi connectivity index (χ1n) is 5.33. The highest BCUT2D eigenvalue weighted by molar-refractivity contribution is 5.85. The van der Waals surface area contributed by atoms with Crippen molar-refractivity contribution in [3.63, 3.8) is 0 Å². The van der Waals surface area contributed by atoms with Crippen LogP contribution in [0.25, 0.3) is 0 Å². The van der Waals surface area contributed by atoms with Crippen molar-refractivity contribution in [2.75, 3.05) is 39.3 Å². The summed E-state index contributed by atoms with van der Waals surface area (Å²) < 4.78 is 0. The normalized spacial score (nSPS) is 22.1. The second-order valence-electron chi connectivity index (χ2n) is 4.00. The van der Waals surface area contributed by atoms with Crippen LogP contribution < -0.4 is 5.32 Å². The van der Waals surface area contributed by atoms with Crippen LogP contribution in [0.1, 0.15) is 12.8 Å². The number of aliphatic hydroxyl groups is 1. The molecule has 2 N–H and O–H groups in total. The molecule has 0 bridgehead atoms. The Morgan fingerprint density at radius 2 is 1.75 bits per heavy atom. The van der Waals surface area contributed by atoms with E-state index in [-0.39, 0.29) is 37.1 Å². The molecule has 2 aliphatic heterocycles. The van der Waals surface area contributed by atoms with Gasteiger partial charge in [-0.1, -0.05) is 0 Å². The summed E-state index contributed by atoms with van der Waals surface area (Å²) in [4.78, 5) is 2.43. The lowest BCUT2D eigenvalue weighted by Crippen LogP contribution is -2.44. The van der Waals surface area contributed by atoms with Crippen molar-refractivity contribution in [1.29, 1.82) is 0 Å². The third kappa shape index (κ3) is 4.51. The highest BCUT2D eigenvalue weighted by atomic mass is 35.5. The van der Waals surface area contributed by atoms with Gasteiger partial charge < -0.3 is 15.3 Å². The van der Waals surface area contributed by atoms with Crippen molar-refractivity contribution in [3.8, 4) is 0 Å². The maximum Gasteiger partial charge on any atom is 0.194 e. The lowest BCUT2D eigenvalue weighted by atomic mass is 10.1. The quantitative estimate of drug-likeness (QED) is 0.772. The molecule has 5 nitrogen and oxygen atoms in total. The monoisotopic (exact) mass is 270 g/mol. The Morgan fingerprint density at radius 3 is 2.25 bits per heavy atom. The molecular formula is C9H20Cl2N4O. The summed E-state index contributed by atoms with van der Waals surface area (Å²) in [7, 11) is 0. The van der Waals surface area contributed by atoms with Gasteiger partial charge in [-0.25, -0.2) is 0 Å². The first-order valence-corrected chi connectivity index (χ1v) is 5.33. The smallest absolute Gasteiger partial charge is 0.194 e. The second kappa shape index (κ2) is 7.40. The maximum atomic E-state index is 8.84. The molecule has 2 rings (SSSR count). The number of hydrogen-bond acceptors (Lipinski definition) is 5. The van der Waals surface area contributed by atoms with Crippen LogP contribution in [-0.4, -0.2) is 55.0 Å². The minimum atomic E-state index is -0.209. The molecule has 96 valence electrons. The standard InChI is InChI=1S/C9H18N4O.2ClH/c14-8-2-9(11-12-9)1-5-13-6-3-10-4-7-13;;/h10,14H,1-8H2;2*1H. The molecule has 1 fully saturated rings. The van der Waals surface area contributed by atoms with Gasteiger partial charge in [0.15, 0.2) is 5.66 Å². The Kier molecular flexibility index (Phi) is 7.43. The number of halogens is 2. The molecule has 1 saturated heterocycles. The van der Waals surface area contributed by atoms with Gasteiger partial charge in [0.1, 0.15) is 0 Å². The molecule has 0 radical (unpaired) electrons. The Hall–Kier alpha value is 0.0600. The molecule has 16 heavy (non-hydrogen) atoms. The molecule has 0 amide bonds. The molecule has 0 aromatic carbocycles. The van der Waals surface area contributed by atoms with Gasteiger partial charge in [-0.15, -0.1) is 24.8 Å². The summed E-state index contributed by atoms with van der Waals surface area (Å²) in [6, 6.07) is 0. The Bertz CT molecular complexity index is 216. The number of hydrogen-bond donors (Lipinski definition) is 2. The van der Waals surface area contributed by atoms with Crippen LogP contribution in [0, 0.1) is 0 Å². The van der Waals surface area contributed by atoms with Crippen molar-refractivity contribution in [2.45, 2.75) is 18.5 Å². The number of piperazine rings is 1. The SMILES string of the molecule is Cl.Cl.OCCC1(CCN2CCNCC2)N=N1. The fraction of sp³-hybridized carbons (Fsp3) is 1.00. The molecule has 0 saturated carbocycles. The fourth-order valence-electron chi connectivity index (χ4n) is 1.85. The Morgan fingerprint density at radius 1 is 1.12 bits per heavy atom. The van der Waals surface area contributed by atoms with E-state index in [0.29, 0.717) is 6.42 Å². The lowest BCUT2D eigenvalue weighted by Gasteiger charge is -2.27. The largest absolute Gasteiger partial charge is 0.396 e. The zero-order chi connectivity index (χ0) is 9.86. The van der Waals surface area contributed by atoms with E-state index < -0.39 is 0 Å². The van der Waals surface area contributed by atoms with Crippen LogP contribution in [-0.2, 0) is 0 Å². The third-order valence-electron chi connectivity index (χ3n) is 2.93. The van der Waals surface area contributed by atoms with E-state index in [1.165, 1.54) is 0 Å². The second-order valence-corrected chi connectivity index (χ2v) is 4.00. The van der Waals surface area contributed by atoms with Crippen LogP contribution in [0.3, 0.4) is 0 Å². The topological polar surface area (TPSA) is 60.2 Å². The molecule has 0 aliphatic carbocycles. The number of rotatable bonds is 5. The Labute approximate surface area is 109 Å². The lowest BCUT2D eigenvalue weighted by molar-refractivity contribution is 0.212. The molecular weight excluding hydrogens is 251 g/mol. The number of nitrogens with one attached hydrogen (secondary N) is 1. The van der Waals surface area contributed by atoms with Gasteiger partial charge in [0.25, 0.3) is 0 Å². The molecule has 2 heterocycles. The van der Waals surface area contributed by atoms with E-state index in [4.69, 9.17) is 5.11 Å². The number of aliphatic hydroxyl groups excluding tert-OH is 1. The van der Waals surface area contributed by atoms with E-state index in [2.05, 4.69) is 20.4 Å². The molecule has 0 spiro atoms. The van der Waals surface area contributed by atoms with Crippen molar-refractivity contribution in [3.05, 3.63) is 0 Å². The van der Waals surface area contributed by atoms with Gasteiger partial charge in [0.05, 0.1) is 0 Å². The summed E-state index contributed by atoms with van der Waals surface area (Å²) in [6.45, 7) is 5.65. The van der Waals surface area contributed by atoms with Crippen molar-refractivity contribution in [1.82, 2.24) is 10.2 Å². The molecule has 2 aliphatic rings. The van der Waals surface area contributed by atoms with Gasteiger partial charge in [-0.3, -0.25) is 0 Å². The first kappa shape index (κ1) is 16.1.